The Hall–Kier alpha value is -1.43. The molecule has 1 N–H and O–H groups in total. The topological polar surface area (TPSA) is 37.3 Å². The van der Waals surface area contributed by atoms with Crippen molar-refractivity contribution in [1.29, 1.82) is 0 Å². The van der Waals surface area contributed by atoms with Crippen molar-refractivity contribution in [3.63, 3.8) is 0 Å². The van der Waals surface area contributed by atoms with Crippen molar-refractivity contribution in [1.82, 2.24) is 0 Å². The highest BCUT2D eigenvalue weighted by atomic mass is 32.2. The maximum absolute atomic E-state index is 13.0. The molecule has 1 aromatic rings. The predicted molar refractivity (Wildman–Crippen MR) is 76.5 cm³/mol. The summed E-state index contributed by atoms with van der Waals surface area (Å²) in [5.41, 5.74) is 0.710. The van der Waals surface area contributed by atoms with E-state index in [1.54, 1.807) is 18.2 Å². The molecule has 2 nitrogen and oxygen atoms in total. The van der Waals surface area contributed by atoms with Crippen molar-refractivity contribution in [2.75, 3.05) is 0 Å². The third-order valence-electron chi connectivity index (χ3n) is 3.26. The largest absolute Gasteiger partial charge is 0.478 e. The molecular formula is C15H15F3O2S. The molecule has 2 rings (SSSR count). The summed E-state index contributed by atoms with van der Waals surface area (Å²) >= 11 is 0.546. The molecule has 0 fully saturated rings. The molecule has 0 spiro atoms. The lowest BCUT2D eigenvalue weighted by Crippen LogP contribution is -2.32. The second kappa shape index (κ2) is 5.09. The monoisotopic (exact) mass is 316 g/mol. The van der Waals surface area contributed by atoms with Crippen LogP contribution in [0.15, 0.2) is 28.7 Å². The first-order valence-corrected chi connectivity index (χ1v) is 7.21. The lowest BCUT2D eigenvalue weighted by atomic mass is 9.86. The normalized spacial score (nSPS) is 19.0. The van der Waals surface area contributed by atoms with Gasteiger partial charge in [-0.2, -0.15) is 13.2 Å². The highest BCUT2D eigenvalue weighted by molar-refractivity contribution is 8.00. The van der Waals surface area contributed by atoms with Crippen LogP contribution in [0.2, 0.25) is 0 Å². The zero-order valence-corrected chi connectivity index (χ0v) is 12.6. The second-order valence-corrected chi connectivity index (χ2v) is 7.09. The van der Waals surface area contributed by atoms with Crippen LogP contribution >= 0.6 is 11.8 Å². The summed E-state index contributed by atoms with van der Waals surface area (Å²) < 4.78 is 39.0. The molecule has 0 aromatic heterocycles. The number of benzene rings is 1. The molecule has 114 valence electrons. The molecule has 0 amide bonds. The number of alkyl halides is 3. The van der Waals surface area contributed by atoms with Gasteiger partial charge in [-0.25, -0.2) is 4.79 Å². The van der Waals surface area contributed by atoms with Gasteiger partial charge in [-0.1, -0.05) is 32.9 Å². The van der Waals surface area contributed by atoms with Gasteiger partial charge in [0, 0.05) is 4.90 Å². The minimum atomic E-state index is -4.59. The summed E-state index contributed by atoms with van der Waals surface area (Å²) in [6.45, 7) is 5.97. The summed E-state index contributed by atoms with van der Waals surface area (Å²) in [7, 11) is 0. The number of thioether (sulfide) groups is 1. The smallest absolute Gasteiger partial charge is 0.405 e. The first kappa shape index (κ1) is 15.9. The molecule has 1 aliphatic heterocycles. The Labute approximate surface area is 125 Å². The van der Waals surface area contributed by atoms with Crippen molar-refractivity contribution in [3.05, 3.63) is 34.9 Å². The molecule has 21 heavy (non-hydrogen) atoms. The van der Waals surface area contributed by atoms with Gasteiger partial charge < -0.3 is 5.11 Å². The maximum atomic E-state index is 13.0. The Morgan fingerprint density at radius 3 is 2.33 bits per heavy atom. The second-order valence-electron chi connectivity index (χ2n) is 5.95. The summed E-state index contributed by atoms with van der Waals surface area (Å²) in [6.07, 6.45) is -3.45. The molecule has 1 atom stereocenters. The summed E-state index contributed by atoms with van der Waals surface area (Å²) in [5.74, 6) is -1.53. The zero-order valence-electron chi connectivity index (χ0n) is 11.8. The SMILES string of the molecule is CC(C)(C)c1ccc2c(c1)C=C(C(=O)O)C(C(F)(F)F)S2. The van der Waals surface area contributed by atoms with Crippen molar-refractivity contribution in [2.45, 2.75) is 42.5 Å². The molecule has 6 heteroatoms. The third-order valence-corrected chi connectivity index (χ3v) is 4.64. The van der Waals surface area contributed by atoms with E-state index < -0.39 is 23.0 Å². The molecule has 1 aliphatic rings. The van der Waals surface area contributed by atoms with E-state index in [0.29, 0.717) is 22.2 Å². The number of hydrogen-bond donors (Lipinski definition) is 1. The molecule has 0 saturated carbocycles. The van der Waals surface area contributed by atoms with E-state index in [-0.39, 0.29) is 5.41 Å². The average Bonchev–Trinajstić information content (AvgIpc) is 2.34. The van der Waals surface area contributed by atoms with Crippen molar-refractivity contribution in [3.8, 4) is 0 Å². The Kier molecular flexibility index (Phi) is 3.86. The van der Waals surface area contributed by atoms with Gasteiger partial charge >= 0.3 is 12.1 Å². The predicted octanol–water partition coefficient (Wildman–Crippen LogP) is 4.49. The number of aliphatic carboxylic acids is 1. The lowest BCUT2D eigenvalue weighted by molar-refractivity contribution is -0.140. The first-order chi connectivity index (χ1) is 9.50. The van der Waals surface area contributed by atoms with E-state index in [1.807, 2.05) is 20.8 Å². The fourth-order valence-electron chi connectivity index (χ4n) is 2.09. The van der Waals surface area contributed by atoms with Crippen LogP contribution in [0.1, 0.15) is 31.9 Å². The van der Waals surface area contributed by atoms with Crippen LogP contribution in [0.5, 0.6) is 0 Å². The fourth-order valence-corrected chi connectivity index (χ4v) is 3.17. The molecule has 0 radical (unpaired) electrons. The highest BCUT2D eigenvalue weighted by Crippen LogP contribution is 2.45. The van der Waals surface area contributed by atoms with E-state index in [4.69, 9.17) is 5.11 Å². The Balaban J connectivity index is 2.54. The summed E-state index contributed by atoms with van der Waals surface area (Å²) in [5, 5.41) is 7.02. The van der Waals surface area contributed by atoms with E-state index in [2.05, 4.69) is 0 Å². The highest BCUT2D eigenvalue weighted by Gasteiger charge is 2.46. The van der Waals surface area contributed by atoms with Crippen molar-refractivity contribution >= 4 is 23.8 Å². The molecule has 1 unspecified atom stereocenters. The van der Waals surface area contributed by atoms with Gasteiger partial charge in [0.25, 0.3) is 0 Å². The van der Waals surface area contributed by atoms with Crippen molar-refractivity contribution < 1.29 is 23.1 Å². The van der Waals surface area contributed by atoms with Crippen LogP contribution < -0.4 is 0 Å². The van der Waals surface area contributed by atoms with Crippen LogP contribution in [0.3, 0.4) is 0 Å². The number of carboxylic acids is 1. The van der Waals surface area contributed by atoms with Crippen molar-refractivity contribution in [2.24, 2.45) is 0 Å². The molecule has 0 bridgehead atoms. The average molecular weight is 316 g/mol. The third kappa shape index (κ3) is 3.26. The minimum absolute atomic E-state index is 0.155. The van der Waals surface area contributed by atoms with Gasteiger partial charge in [0.1, 0.15) is 5.25 Å². The fraction of sp³-hybridized carbons (Fsp3) is 0.400. The van der Waals surface area contributed by atoms with Crippen LogP contribution in [0.4, 0.5) is 13.2 Å². The number of carbonyl (C=O) groups is 1. The molecule has 0 saturated heterocycles. The van der Waals surface area contributed by atoms with Gasteiger partial charge in [0.2, 0.25) is 0 Å². The van der Waals surface area contributed by atoms with Gasteiger partial charge in [0.15, 0.2) is 0 Å². The standard InChI is InChI=1S/C15H15F3O2S/c1-14(2,3)9-4-5-11-8(6-9)7-10(13(19)20)12(21-11)15(16,17)18/h4-7,12H,1-3H3,(H,19,20). The minimum Gasteiger partial charge on any atom is -0.478 e. The van der Waals surface area contributed by atoms with Gasteiger partial charge in [-0.05, 0) is 28.7 Å². The first-order valence-electron chi connectivity index (χ1n) is 6.33. The van der Waals surface area contributed by atoms with E-state index in [1.165, 1.54) is 0 Å². The van der Waals surface area contributed by atoms with E-state index in [9.17, 15) is 18.0 Å². The maximum Gasteiger partial charge on any atom is 0.405 e. The number of carboxylic acid groups (broad SMARTS) is 1. The van der Waals surface area contributed by atoms with Crippen LogP contribution in [-0.4, -0.2) is 22.5 Å². The van der Waals surface area contributed by atoms with Crippen LogP contribution in [0, 0.1) is 0 Å². The number of hydrogen-bond acceptors (Lipinski definition) is 2. The molecular weight excluding hydrogens is 301 g/mol. The van der Waals surface area contributed by atoms with Crippen LogP contribution in [-0.2, 0) is 10.2 Å². The summed E-state index contributed by atoms with van der Waals surface area (Å²) in [6, 6.07) is 5.19. The van der Waals surface area contributed by atoms with Gasteiger partial charge in [-0.15, -0.1) is 11.8 Å². The quantitative estimate of drug-likeness (QED) is 0.829. The lowest BCUT2D eigenvalue weighted by Gasteiger charge is -2.27. The number of rotatable bonds is 1. The molecule has 1 aromatic carbocycles. The van der Waals surface area contributed by atoms with Gasteiger partial charge in [0.05, 0.1) is 5.57 Å². The van der Waals surface area contributed by atoms with E-state index in [0.717, 1.165) is 11.6 Å². The Morgan fingerprint density at radius 1 is 1.24 bits per heavy atom. The van der Waals surface area contributed by atoms with Crippen LogP contribution in [0.25, 0.3) is 6.08 Å². The Morgan fingerprint density at radius 2 is 1.86 bits per heavy atom. The molecule has 1 heterocycles. The Bertz CT molecular complexity index is 612. The zero-order chi connectivity index (χ0) is 16.0. The number of halogens is 3. The summed E-state index contributed by atoms with van der Waals surface area (Å²) in [4.78, 5) is 11.6. The van der Waals surface area contributed by atoms with Gasteiger partial charge in [-0.3, -0.25) is 0 Å². The number of fused-ring (bicyclic) bond motifs is 1. The molecule has 0 aliphatic carbocycles. The van der Waals surface area contributed by atoms with E-state index >= 15 is 0 Å².